The minimum atomic E-state index is -3.10. The Labute approximate surface area is 130 Å². The van der Waals surface area contributed by atoms with Gasteiger partial charge in [0.25, 0.3) is 5.69 Å². The minimum Gasteiger partial charge on any atom is -0.329 e. The fourth-order valence-electron chi connectivity index (χ4n) is 2.67. The Morgan fingerprint density at radius 3 is 2.32 bits per heavy atom. The maximum atomic E-state index is 12.0. The highest BCUT2D eigenvalue weighted by Crippen LogP contribution is 2.11. The highest BCUT2D eigenvalue weighted by Gasteiger charge is 2.28. The first-order valence-electron chi connectivity index (χ1n) is 7.47. The molecule has 0 unspecified atom stereocenters. The van der Waals surface area contributed by atoms with Gasteiger partial charge in [-0.25, -0.2) is 8.42 Å². The van der Waals surface area contributed by atoms with Crippen LogP contribution in [0.4, 0.5) is 5.69 Å². The van der Waals surface area contributed by atoms with Crippen molar-refractivity contribution in [3.63, 3.8) is 0 Å². The predicted octanol–water partition coefficient (Wildman–Crippen LogP) is 0.0351. The number of benzene rings is 1. The summed E-state index contributed by atoms with van der Waals surface area (Å²) in [5.74, 6) is 0.213. The standard InChI is InChI=1S/C14H21N3O4S/c1-2-11-22(20,21)16-9-7-15(8-10-16)12-13-3-5-14(6-4-13)17(18)19/h3-6H,2,7-12H2,1H3/p+1. The molecule has 0 aromatic heterocycles. The molecule has 1 fully saturated rings. The summed E-state index contributed by atoms with van der Waals surface area (Å²) in [6.07, 6.45) is 0.637. The number of nitrogens with zero attached hydrogens (tertiary/aromatic N) is 2. The monoisotopic (exact) mass is 328 g/mol. The van der Waals surface area contributed by atoms with Crippen LogP contribution in [0.15, 0.2) is 24.3 Å². The van der Waals surface area contributed by atoms with E-state index in [9.17, 15) is 18.5 Å². The molecule has 1 aromatic carbocycles. The van der Waals surface area contributed by atoms with Crippen LogP contribution in [0.2, 0.25) is 0 Å². The summed E-state index contributed by atoms with van der Waals surface area (Å²) < 4.78 is 25.6. The third-order valence-corrected chi connectivity index (χ3v) is 5.96. The van der Waals surface area contributed by atoms with Crippen LogP contribution in [0.1, 0.15) is 18.9 Å². The van der Waals surface area contributed by atoms with Crippen LogP contribution >= 0.6 is 0 Å². The first kappa shape index (κ1) is 16.9. The van der Waals surface area contributed by atoms with Crippen LogP contribution in [0.3, 0.4) is 0 Å². The Kier molecular flexibility index (Phi) is 5.49. The quantitative estimate of drug-likeness (QED) is 0.590. The van der Waals surface area contributed by atoms with Crippen LogP contribution < -0.4 is 4.90 Å². The number of hydrogen-bond acceptors (Lipinski definition) is 4. The topological polar surface area (TPSA) is 85.0 Å². The number of quaternary nitrogens is 1. The first-order valence-corrected chi connectivity index (χ1v) is 9.08. The van der Waals surface area contributed by atoms with Crippen molar-refractivity contribution in [1.29, 1.82) is 0 Å². The number of rotatable bonds is 6. The Hall–Kier alpha value is -1.51. The van der Waals surface area contributed by atoms with Gasteiger partial charge in [0, 0.05) is 17.7 Å². The Bertz CT molecular complexity index is 607. The van der Waals surface area contributed by atoms with Gasteiger partial charge in [0.1, 0.15) is 6.54 Å². The fraction of sp³-hybridized carbons (Fsp3) is 0.571. The second-order valence-electron chi connectivity index (χ2n) is 5.57. The normalized spacial score (nSPS) is 17.5. The second-order valence-corrected chi connectivity index (χ2v) is 7.65. The van der Waals surface area contributed by atoms with E-state index in [1.807, 2.05) is 6.92 Å². The third kappa shape index (κ3) is 4.25. The van der Waals surface area contributed by atoms with E-state index >= 15 is 0 Å². The van der Waals surface area contributed by atoms with E-state index < -0.39 is 14.9 Å². The average molecular weight is 328 g/mol. The van der Waals surface area contributed by atoms with E-state index in [0.717, 1.165) is 25.2 Å². The molecule has 0 spiro atoms. The van der Waals surface area contributed by atoms with E-state index in [4.69, 9.17) is 0 Å². The summed E-state index contributed by atoms with van der Waals surface area (Å²) in [5, 5.41) is 10.6. The van der Waals surface area contributed by atoms with Gasteiger partial charge < -0.3 is 4.90 Å². The lowest BCUT2D eigenvalue weighted by Crippen LogP contribution is -3.13. The number of hydrogen-bond donors (Lipinski definition) is 1. The average Bonchev–Trinajstić information content (AvgIpc) is 2.48. The van der Waals surface area contributed by atoms with Crippen LogP contribution in [-0.4, -0.2) is 49.6 Å². The van der Waals surface area contributed by atoms with Crippen LogP contribution in [0.25, 0.3) is 0 Å². The number of sulfonamides is 1. The minimum absolute atomic E-state index is 0.0919. The second kappa shape index (κ2) is 7.17. The molecule has 1 aliphatic rings. The zero-order valence-electron chi connectivity index (χ0n) is 12.7. The maximum Gasteiger partial charge on any atom is 0.269 e. The van der Waals surface area contributed by atoms with Gasteiger partial charge in [0.2, 0.25) is 10.0 Å². The van der Waals surface area contributed by atoms with Crippen molar-refractivity contribution in [1.82, 2.24) is 4.31 Å². The summed E-state index contributed by atoms with van der Waals surface area (Å²) in [7, 11) is -3.10. The summed E-state index contributed by atoms with van der Waals surface area (Å²) >= 11 is 0. The molecule has 122 valence electrons. The molecule has 0 radical (unpaired) electrons. The molecule has 0 atom stereocenters. The number of piperazine rings is 1. The molecule has 0 amide bonds. The Morgan fingerprint density at radius 2 is 1.82 bits per heavy atom. The zero-order chi connectivity index (χ0) is 16.2. The molecule has 0 aliphatic carbocycles. The lowest BCUT2D eigenvalue weighted by atomic mass is 10.2. The summed E-state index contributed by atoms with van der Waals surface area (Å²) in [6.45, 7) is 5.25. The molecule has 8 heteroatoms. The molecular formula is C14H22N3O4S+. The number of nitrogens with one attached hydrogen (secondary N) is 1. The molecule has 22 heavy (non-hydrogen) atoms. The zero-order valence-corrected chi connectivity index (χ0v) is 13.5. The van der Waals surface area contributed by atoms with Gasteiger partial charge in [0.05, 0.1) is 36.9 Å². The van der Waals surface area contributed by atoms with Gasteiger partial charge in [-0.05, 0) is 18.6 Å². The molecule has 1 heterocycles. The number of non-ortho nitro benzene ring substituents is 1. The van der Waals surface area contributed by atoms with E-state index in [1.54, 1.807) is 16.4 Å². The van der Waals surface area contributed by atoms with Crippen molar-refractivity contribution in [3.05, 3.63) is 39.9 Å². The van der Waals surface area contributed by atoms with Gasteiger partial charge in [-0.3, -0.25) is 10.1 Å². The summed E-state index contributed by atoms with van der Waals surface area (Å²) in [6, 6.07) is 6.56. The lowest BCUT2D eigenvalue weighted by molar-refractivity contribution is -0.917. The molecule has 0 saturated carbocycles. The molecule has 7 nitrogen and oxygen atoms in total. The van der Waals surface area contributed by atoms with Gasteiger partial charge >= 0.3 is 0 Å². The largest absolute Gasteiger partial charge is 0.329 e. The van der Waals surface area contributed by atoms with Gasteiger partial charge in [-0.1, -0.05) is 6.92 Å². The van der Waals surface area contributed by atoms with Gasteiger partial charge in [-0.2, -0.15) is 4.31 Å². The van der Waals surface area contributed by atoms with Gasteiger partial charge in [-0.15, -0.1) is 0 Å². The molecule has 1 aromatic rings. The highest BCUT2D eigenvalue weighted by molar-refractivity contribution is 7.89. The van der Waals surface area contributed by atoms with Crippen molar-refractivity contribution >= 4 is 15.7 Å². The number of nitro groups is 1. The van der Waals surface area contributed by atoms with Crippen LogP contribution in [0.5, 0.6) is 0 Å². The van der Waals surface area contributed by atoms with Crippen molar-refractivity contribution in [2.75, 3.05) is 31.9 Å². The summed E-state index contributed by atoms with van der Waals surface area (Å²) in [4.78, 5) is 11.5. The molecule has 2 rings (SSSR count). The Balaban J connectivity index is 1.88. The van der Waals surface area contributed by atoms with E-state index in [2.05, 4.69) is 0 Å². The van der Waals surface area contributed by atoms with Crippen LogP contribution in [0, 0.1) is 10.1 Å². The lowest BCUT2D eigenvalue weighted by Gasteiger charge is -2.31. The van der Waals surface area contributed by atoms with E-state index in [-0.39, 0.29) is 11.4 Å². The first-order chi connectivity index (χ1) is 10.4. The number of nitro benzene ring substituents is 1. The van der Waals surface area contributed by atoms with Crippen molar-refractivity contribution in [3.8, 4) is 0 Å². The molecule has 1 aliphatic heterocycles. The van der Waals surface area contributed by atoms with Crippen molar-refractivity contribution in [2.24, 2.45) is 0 Å². The van der Waals surface area contributed by atoms with Gasteiger partial charge in [0.15, 0.2) is 0 Å². The van der Waals surface area contributed by atoms with E-state index in [1.165, 1.54) is 17.0 Å². The predicted molar refractivity (Wildman–Crippen MR) is 83.1 cm³/mol. The molecule has 1 saturated heterocycles. The SMILES string of the molecule is CCCS(=O)(=O)N1CC[NH+](Cc2ccc([N+](=O)[O-])cc2)CC1. The Morgan fingerprint density at radius 1 is 1.23 bits per heavy atom. The van der Waals surface area contributed by atoms with Crippen molar-refractivity contribution in [2.45, 2.75) is 19.9 Å². The van der Waals surface area contributed by atoms with E-state index in [0.29, 0.717) is 19.5 Å². The van der Waals surface area contributed by atoms with Crippen molar-refractivity contribution < 1.29 is 18.2 Å². The highest BCUT2D eigenvalue weighted by atomic mass is 32.2. The maximum absolute atomic E-state index is 12.0. The smallest absolute Gasteiger partial charge is 0.269 e. The molecule has 1 N–H and O–H groups in total. The summed E-state index contributed by atoms with van der Waals surface area (Å²) in [5.41, 5.74) is 1.12. The molecule has 0 bridgehead atoms. The fourth-order valence-corrected chi connectivity index (χ4v) is 4.18. The van der Waals surface area contributed by atoms with Crippen LogP contribution in [-0.2, 0) is 16.6 Å². The molecular weight excluding hydrogens is 306 g/mol. The third-order valence-electron chi connectivity index (χ3n) is 3.89.